The maximum absolute atomic E-state index is 14.0. The van der Waals surface area contributed by atoms with Gasteiger partial charge in [0.1, 0.15) is 17.5 Å². The molecule has 0 bridgehead atoms. The minimum Gasteiger partial charge on any atom is -0.351 e. The first-order valence-electron chi connectivity index (χ1n) is 10.3. The van der Waals surface area contributed by atoms with Crippen molar-refractivity contribution in [2.24, 2.45) is 0 Å². The molecule has 170 valence electrons. The van der Waals surface area contributed by atoms with Crippen LogP contribution >= 0.6 is 12.2 Å². The number of thiocarbonyl (C=S) groups is 1. The molecule has 34 heavy (non-hydrogen) atoms. The van der Waals surface area contributed by atoms with Crippen LogP contribution in [0.3, 0.4) is 0 Å². The quantitative estimate of drug-likeness (QED) is 0.362. The van der Waals surface area contributed by atoms with E-state index >= 15 is 0 Å². The predicted molar refractivity (Wildman–Crippen MR) is 126 cm³/mol. The summed E-state index contributed by atoms with van der Waals surface area (Å²) < 4.78 is 46.5. The first-order chi connectivity index (χ1) is 16.4. The third-order valence-corrected chi connectivity index (χ3v) is 5.81. The molecule has 0 fully saturated rings. The number of nitrogens with zero attached hydrogens (tertiary/aromatic N) is 3. The maximum Gasteiger partial charge on any atom is 0.258 e. The Morgan fingerprint density at radius 1 is 0.912 bits per heavy atom. The molecular formula is C25H17F3N4OS. The van der Waals surface area contributed by atoms with Crippen LogP contribution in [0.5, 0.6) is 0 Å². The van der Waals surface area contributed by atoms with Crippen molar-refractivity contribution >= 4 is 28.6 Å². The molecule has 0 spiro atoms. The summed E-state index contributed by atoms with van der Waals surface area (Å²) in [6.45, 7) is 1.81. The lowest BCUT2D eigenvalue weighted by Crippen LogP contribution is -2.46. The lowest BCUT2D eigenvalue weighted by Gasteiger charge is -2.37. The van der Waals surface area contributed by atoms with Gasteiger partial charge in [-0.1, -0.05) is 23.4 Å². The normalized spacial score (nSPS) is 16.1. The highest BCUT2D eigenvalue weighted by atomic mass is 32.1. The molecule has 0 amide bonds. The van der Waals surface area contributed by atoms with Crippen molar-refractivity contribution in [2.45, 2.75) is 13.0 Å². The molecule has 1 aromatic heterocycles. The SMILES string of the molecule is CC1=C(c2nc(-c3ccc(F)cc3)no2)C(c2ccc(F)cc2)NC(=S)N1c1cccc(F)c1. The minimum absolute atomic E-state index is 0.197. The highest BCUT2D eigenvalue weighted by Crippen LogP contribution is 2.39. The van der Waals surface area contributed by atoms with E-state index in [-0.39, 0.29) is 23.3 Å². The van der Waals surface area contributed by atoms with E-state index in [0.717, 1.165) is 5.56 Å². The molecule has 1 N–H and O–H groups in total. The smallest absolute Gasteiger partial charge is 0.258 e. The number of hydrogen-bond acceptors (Lipinski definition) is 4. The fourth-order valence-electron chi connectivity index (χ4n) is 3.90. The van der Waals surface area contributed by atoms with Gasteiger partial charge in [0.15, 0.2) is 5.11 Å². The van der Waals surface area contributed by atoms with Gasteiger partial charge < -0.3 is 9.84 Å². The van der Waals surface area contributed by atoms with Crippen molar-refractivity contribution in [3.05, 3.63) is 107 Å². The highest BCUT2D eigenvalue weighted by molar-refractivity contribution is 7.80. The average Bonchev–Trinajstić information content (AvgIpc) is 3.29. The maximum atomic E-state index is 14.0. The zero-order chi connectivity index (χ0) is 23.8. The molecule has 1 atom stereocenters. The third kappa shape index (κ3) is 4.06. The number of benzene rings is 3. The molecule has 0 radical (unpaired) electrons. The fraction of sp³-hybridized carbons (Fsp3) is 0.0800. The monoisotopic (exact) mass is 478 g/mol. The molecule has 2 heterocycles. The number of aromatic nitrogens is 2. The molecule has 0 aliphatic carbocycles. The second-order valence-corrected chi connectivity index (χ2v) is 8.07. The first-order valence-corrected chi connectivity index (χ1v) is 10.7. The molecule has 4 aromatic rings. The average molecular weight is 478 g/mol. The van der Waals surface area contributed by atoms with E-state index in [1.54, 1.807) is 41.3 Å². The molecule has 5 nitrogen and oxygen atoms in total. The van der Waals surface area contributed by atoms with Crippen molar-refractivity contribution in [2.75, 3.05) is 4.90 Å². The lowest BCUT2D eigenvalue weighted by atomic mass is 9.94. The molecule has 9 heteroatoms. The Hall–Kier alpha value is -3.98. The summed E-state index contributed by atoms with van der Waals surface area (Å²) >= 11 is 5.61. The largest absolute Gasteiger partial charge is 0.351 e. The number of halogens is 3. The standard InChI is InChI=1S/C25H17F3N4OS/c1-14-21(24-30-23(31-33-24)16-7-11-18(27)12-8-16)22(15-5-9-17(26)10-6-15)29-25(34)32(14)20-4-2-3-19(28)13-20/h2-13,22H,1H3,(H,29,34). The van der Waals surface area contributed by atoms with Gasteiger partial charge in [0, 0.05) is 11.3 Å². The summed E-state index contributed by atoms with van der Waals surface area (Å²) in [6, 6.07) is 17.2. The van der Waals surface area contributed by atoms with Gasteiger partial charge in [-0.2, -0.15) is 4.98 Å². The van der Waals surface area contributed by atoms with E-state index < -0.39 is 11.9 Å². The van der Waals surface area contributed by atoms with Gasteiger partial charge in [-0.25, -0.2) is 13.2 Å². The zero-order valence-corrected chi connectivity index (χ0v) is 18.6. The van der Waals surface area contributed by atoms with E-state index in [1.807, 2.05) is 6.92 Å². The van der Waals surface area contributed by atoms with Crippen molar-refractivity contribution < 1.29 is 17.7 Å². The van der Waals surface area contributed by atoms with Crippen LogP contribution in [0.1, 0.15) is 24.4 Å². The molecule has 0 saturated heterocycles. The lowest BCUT2D eigenvalue weighted by molar-refractivity contribution is 0.404. The topological polar surface area (TPSA) is 54.2 Å². The van der Waals surface area contributed by atoms with Gasteiger partial charge in [0.25, 0.3) is 5.89 Å². The predicted octanol–water partition coefficient (Wildman–Crippen LogP) is 6.02. The van der Waals surface area contributed by atoms with E-state index in [1.165, 1.54) is 36.4 Å². The van der Waals surface area contributed by atoms with Gasteiger partial charge in [0.05, 0.1) is 17.3 Å². The molecule has 1 unspecified atom stereocenters. The van der Waals surface area contributed by atoms with Crippen LogP contribution in [-0.4, -0.2) is 15.3 Å². The van der Waals surface area contributed by atoms with Crippen LogP contribution in [0.15, 0.2) is 83.0 Å². The van der Waals surface area contributed by atoms with Crippen LogP contribution in [0, 0.1) is 17.5 Å². The Labute approximate surface area is 198 Å². The first kappa shape index (κ1) is 21.8. The van der Waals surface area contributed by atoms with Crippen LogP contribution in [0.4, 0.5) is 18.9 Å². The summed E-state index contributed by atoms with van der Waals surface area (Å²) in [4.78, 5) is 6.21. The van der Waals surface area contributed by atoms with Crippen LogP contribution in [0.25, 0.3) is 17.0 Å². The van der Waals surface area contributed by atoms with Crippen LogP contribution in [-0.2, 0) is 0 Å². The molecule has 1 aliphatic heterocycles. The van der Waals surface area contributed by atoms with Gasteiger partial charge in [-0.15, -0.1) is 0 Å². The van der Waals surface area contributed by atoms with Gasteiger partial charge in [-0.05, 0) is 79.3 Å². The third-order valence-electron chi connectivity index (χ3n) is 5.51. The second-order valence-electron chi connectivity index (χ2n) is 7.68. The van der Waals surface area contributed by atoms with Gasteiger partial charge >= 0.3 is 0 Å². The van der Waals surface area contributed by atoms with Crippen LogP contribution < -0.4 is 10.2 Å². The summed E-state index contributed by atoms with van der Waals surface area (Å²) in [7, 11) is 0. The minimum atomic E-state index is -0.528. The van der Waals surface area contributed by atoms with Crippen molar-refractivity contribution in [1.82, 2.24) is 15.5 Å². The molecule has 0 saturated carbocycles. The Kier molecular flexibility index (Phi) is 5.62. The second kappa shape index (κ2) is 8.75. The van der Waals surface area contributed by atoms with E-state index in [4.69, 9.17) is 16.7 Å². The van der Waals surface area contributed by atoms with Crippen molar-refractivity contribution in [1.29, 1.82) is 0 Å². The van der Waals surface area contributed by atoms with Crippen LogP contribution in [0.2, 0.25) is 0 Å². The molecule has 3 aromatic carbocycles. The number of rotatable bonds is 4. The highest BCUT2D eigenvalue weighted by Gasteiger charge is 2.35. The Morgan fingerprint density at radius 3 is 2.26 bits per heavy atom. The number of nitrogens with one attached hydrogen (secondary N) is 1. The molecule has 1 aliphatic rings. The van der Waals surface area contributed by atoms with Crippen molar-refractivity contribution in [3.63, 3.8) is 0 Å². The number of allylic oxidation sites excluding steroid dienone is 1. The van der Waals surface area contributed by atoms with Crippen molar-refractivity contribution in [3.8, 4) is 11.4 Å². The summed E-state index contributed by atoms with van der Waals surface area (Å²) in [5.41, 5.74) is 3.04. The summed E-state index contributed by atoms with van der Waals surface area (Å²) in [5.74, 6) is -0.687. The Bertz CT molecular complexity index is 1400. The fourth-order valence-corrected chi connectivity index (χ4v) is 4.26. The van der Waals surface area contributed by atoms with Gasteiger partial charge in [-0.3, -0.25) is 4.90 Å². The summed E-state index contributed by atoms with van der Waals surface area (Å²) in [6.07, 6.45) is 0. The number of anilines is 1. The van der Waals surface area contributed by atoms with Gasteiger partial charge in [0.2, 0.25) is 5.82 Å². The Morgan fingerprint density at radius 2 is 1.59 bits per heavy atom. The number of hydrogen-bond donors (Lipinski definition) is 1. The van der Waals surface area contributed by atoms with E-state index in [0.29, 0.717) is 27.6 Å². The van der Waals surface area contributed by atoms with E-state index in [9.17, 15) is 13.2 Å². The van der Waals surface area contributed by atoms with E-state index in [2.05, 4.69) is 15.5 Å². The summed E-state index contributed by atoms with van der Waals surface area (Å²) in [5, 5.41) is 7.62. The molecular weight excluding hydrogens is 461 g/mol. The molecule has 5 rings (SSSR count). The Balaban J connectivity index is 1.65. The zero-order valence-electron chi connectivity index (χ0n) is 17.8.